The summed E-state index contributed by atoms with van der Waals surface area (Å²) in [6, 6.07) is 0. The monoisotopic (exact) mass is 268 g/mol. The maximum absolute atomic E-state index is 11.9. The summed E-state index contributed by atoms with van der Waals surface area (Å²) in [5.74, 6) is 0.781. The summed E-state index contributed by atoms with van der Waals surface area (Å²) in [6.07, 6.45) is 3.24. The Morgan fingerprint density at radius 1 is 1.58 bits per heavy atom. The SMILES string of the molecule is CC1=NCCCN1CC(C)C(=O)OCC1CCCO1. The fourth-order valence-corrected chi connectivity index (χ4v) is 2.49. The highest BCUT2D eigenvalue weighted by atomic mass is 16.6. The lowest BCUT2D eigenvalue weighted by molar-refractivity contribution is -0.151. The number of carbonyl (C=O) groups is 1. The Labute approximate surface area is 115 Å². The molecule has 0 saturated carbocycles. The molecule has 5 nitrogen and oxygen atoms in total. The van der Waals surface area contributed by atoms with Crippen LogP contribution >= 0.6 is 0 Å². The third kappa shape index (κ3) is 4.20. The average molecular weight is 268 g/mol. The minimum absolute atomic E-state index is 0.106. The van der Waals surface area contributed by atoms with Gasteiger partial charge in [0.05, 0.1) is 17.9 Å². The summed E-state index contributed by atoms with van der Waals surface area (Å²) in [7, 11) is 0. The minimum atomic E-state index is -0.131. The van der Waals surface area contributed by atoms with Crippen LogP contribution in [-0.4, -0.2) is 55.7 Å². The van der Waals surface area contributed by atoms with Crippen LogP contribution in [-0.2, 0) is 14.3 Å². The Balaban J connectivity index is 1.72. The Bertz CT molecular complexity index is 338. The zero-order valence-electron chi connectivity index (χ0n) is 11.9. The minimum Gasteiger partial charge on any atom is -0.463 e. The van der Waals surface area contributed by atoms with Gasteiger partial charge in [-0.3, -0.25) is 9.79 Å². The third-order valence-electron chi connectivity index (χ3n) is 3.72. The quantitative estimate of drug-likeness (QED) is 0.709. The number of ether oxygens (including phenoxy) is 2. The van der Waals surface area contributed by atoms with Gasteiger partial charge in [-0.25, -0.2) is 0 Å². The van der Waals surface area contributed by atoms with E-state index in [0.29, 0.717) is 13.2 Å². The molecule has 0 aromatic heterocycles. The van der Waals surface area contributed by atoms with Crippen LogP contribution in [0.25, 0.3) is 0 Å². The molecule has 2 unspecified atom stereocenters. The molecule has 0 bridgehead atoms. The van der Waals surface area contributed by atoms with Crippen molar-refractivity contribution in [3.63, 3.8) is 0 Å². The van der Waals surface area contributed by atoms with Crippen molar-refractivity contribution in [1.29, 1.82) is 0 Å². The van der Waals surface area contributed by atoms with E-state index in [1.165, 1.54) is 0 Å². The molecule has 19 heavy (non-hydrogen) atoms. The zero-order valence-corrected chi connectivity index (χ0v) is 11.9. The molecule has 1 fully saturated rings. The van der Waals surface area contributed by atoms with E-state index in [-0.39, 0.29) is 18.0 Å². The molecule has 108 valence electrons. The first-order chi connectivity index (χ1) is 9.16. The van der Waals surface area contributed by atoms with E-state index in [0.717, 1.165) is 44.8 Å². The van der Waals surface area contributed by atoms with Crippen LogP contribution in [0, 0.1) is 5.92 Å². The van der Waals surface area contributed by atoms with Gasteiger partial charge >= 0.3 is 5.97 Å². The number of nitrogens with zero attached hydrogens (tertiary/aromatic N) is 2. The molecule has 0 aromatic rings. The topological polar surface area (TPSA) is 51.1 Å². The average Bonchev–Trinajstić information content (AvgIpc) is 2.91. The van der Waals surface area contributed by atoms with Crippen molar-refractivity contribution >= 4 is 11.8 Å². The van der Waals surface area contributed by atoms with Gasteiger partial charge in [-0.05, 0) is 26.2 Å². The standard InChI is InChI=1S/C14H24N2O3/c1-11(9-16-7-4-6-15-12(16)2)14(17)19-10-13-5-3-8-18-13/h11,13H,3-10H2,1-2H3. The number of esters is 1. The lowest BCUT2D eigenvalue weighted by atomic mass is 10.1. The van der Waals surface area contributed by atoms with Crippen LogP contribution in [0.15, 0.2) is 4.99 Å². The van der Waals surface area contributed by atoms with Crippen LogP contribution in [0.4, 0.5) is 0 Å². The molecule has 0 amide bonds. The largest absolute Gasteiger partial charge is 0.463 e. The molecule has 2 aliphatic heterocycles. The molecule has 0 N–H and O–H groups in total. The van der Waals surface area contributed by atoms with Crippen molar-refractivity contribution in [1.82, 2.24) is 4.90 Å². The molecule has 0 aromatic carbocycles. The first kappa shape index (κ1) is 14.3. The maximum Gasteiger partial charge on any atom is 0.310 e. The molecular weight excluding hydrogens is 244 g/mol. The van der Waals surface area contributed by atoms with Gasteiger partial charge in [0.15, 0.2) is 0 Å². The molecule has 0 spiro atoms. The van der Waals surface area contributed by atoms with E-state index < -0.39 is 0 Å². The summed E-state index contributed by atoms with van der Waals surface area (Å²) < 4.78 is 10.8. The molecule has 2 rings (SSSR count). The van der Waals surface area contributed by atoms with E-state index in [9.17, 15) is 4.79 Å². The van der Waals surface area contributed by atoms with Crippen molar-refractivity contribution < 1.29 is 14.3 Å². The Morgan fingerprint density at radius 3 is 3.11 bits per heavy atom. The van der Waals surface area contributed by atoms with E-state index in [4.69, 9.17) is 9.47 Å². The van der Waals surface area contributed by atoms with Crippen molar-refractivity contribution in [2.75, 3.05) is 32.8 Å². The van der Waals surface area contributed by atoms with Crippen LogP contribution in [0.1, 0.15) is 33.1 Å². The van der Waals surface area contributed by atoms with Gasteiger partial charge < -0.3 is 14.4 Å². The second kappa shape index (κ2) is 6.89. The Kier molecular flexibility index (Phi) is 5.19. The lowest BCUT2D eigenvalue weighted by Gasteiger charge is -2.29. The maximum atomic E-state index is 11.9. The predicted octanol–water partition coefficient (Wildman–Crippen LogP) is 1.47. The summed E-state index contributed by atoms with van der Waals surface area (Å²) in [5.41, 5.74) is 0. The van der Waals surface area contributed by atoms with Crippen molar-refractivity contribution in [3.05, 3.63) is 0 Å². The van der Waals surface area contributed by atoms with E-state index in [2.05, 4.69) is 9.89 Å². The molecular formula is C14H24N2O3. The van der Waals surface area contributed by atoms with Crippen LogP contribution < -0.4 is 0 Å². The van der Waals surface area contributed by atoms with Gasteiger partial charge in [-0.15, -0.1) is 0 Å². The van der Waals surface area contributed by atoms with Gasteiger partial charge in [-0.1, -0.05) is 6.92 Å². The van der Waals surface area contributed by atoms with Gasteiger partial charge in [0.1, 0.15) is 6.61 Å². The molecule has 2 heterocycles. The highest BCUT2D eigenvalue weighted by Crippen LogP contribution is 2.13. The predicted molar refractivity (Wildman–Crippen MR) is 73.3 cm³/mol. The van der Waals surface area contributed by atoms with Crippen molar-refractivity contribution in [2.24, 2.45) is 10.9 Å². The number of amidine groups is 1. The first-order valence-electron chi connectivity index (χ1n) is 7.21. The van der Waals surface area contributed by atoms with Gasteiger partial charge in [0.25, 0.3) is 0 Å². The summed E-state index contributed by atoms with van der Waals surface area (Å²) in [6.45, 7) is 7.69. The lowest BCUT2D eigenvalue weighted by Crippen LogP contribution is -2.39. The molecule has 0 radical (unpaired) electrons. The normalized spacial score (nSPS) is 25.1. The Hall–Kier alpha value is -1.10. The molecule has 2 atom stereocenters. The summed E-state index contributed by atoms with van der Waals surface area (Å²) in [4.78, 5) is 18.5. The fraction of sp³-hybridized carbons (Fsp3) is 0.857. The number of hydrogen-bond donors (Lipinski definition) is 0. The van der Waals surface area contributed by atoms with Gasteiger partial charge in [0.2, 0.25) is 0 Å². The molecule has 2 aliphatic rings. The van der Waals surface area contributed by atoms with E-state index in [1.54, 1.807) is 0 Å². The second-order valence-electron chi connectivity index (χ2n) is 5.39. The summed E-state index contributed by atoms with van der Waals surface area (Å²) >= 11 is 0. The number of carbonyl (C=O) groups excluding carboxylic acids is 1. The highest BCUT2D eigenvalue weighted by Gasteiger charge is 2.23. The van der Waals surface area contributed by atoms with Crippen LogP contribution in [0.2, 0.25) is 0 Å². The van der Waals surface area contributed by atoms with Crippen molar-refractivity contribution in [2.45, 2.75) is 39.2 Å². The van der Waals surface area contributed by atoms with Gasteiger partial charge in [0, 0.05) is 26.2 Å². The molecule has 1 saturated heterocycles. The van der Waals surface area contributed by atoms with E-state index in [1.807, 2.05) is 13.8 Å². The van der Waals surface area contributed by atoms with Gasteiger partial charge in [-0.2, -0.15) is 0 Å². The summed E-state index contributed by atoms with van der Waals surface area (Å²) in [5, 5.41) is 0. The fourth-order valence-electron chi connectivity index (χ4n) is 2.49. The number of aliphatic imine (C=N–C) groups is 1. The van der Waals surface area contributed by atoms with E-state index >= 15 is 0 Å². The zero-order chi connectivity index (χ0) is 13.7. The van der Waals surface area contributed by atoms with Crippen molar-refractivity contribution in [3.8, 4) is 0 Å². The molecule has 5 heteroatoms. The third-order valence-corrected chi connectivity index (χ3v) is 3.72. The second-order valence-corrected chi connectivity index (χ2v) is 5.39. The van der Waals surface area contributed by atoms with Crippen LogP contribution in [0.5, 0.6) is 0 Å². The van der Waals surface area contributed by atoms with Crippen LogP contribution in [0.3, 0.4) is 0 Å². The smallest absolute Gasteiger partial charge is 0.310 e. The Morgan fingerprint density at radius 2 is 2.42 bits per heavy atom. The first-order valence-corrected chi connectivity index (χ1v) is 7.21. The number of hydrogen-bond acceptors (Lipinski definition) is 5. The molecule has 0 aliphatic carbocycles. The number of rotatable bonds is 5. The highest BCUT2D eigenvalue weighted by molar-refractivity contribution is 5.81.